The van der Waals surface area contributed by atoms with Gasteiger partial charge in [-0.3, -0.25) is 0 Å². The molecular formula is C15H14BrClN4. The number of aromatic amines is 1. The Balaban J connectivity index is 1.92. The van der Waals surface area contributed by atoms with Crippen molar-refractivity contribution in [2.75, 3.05) is 13.1 Å². The minimum absolute atomic E-state index is 0.397. The van der Waals surface area contributed by atoms with E-state index in [1.54, 1.807) is 0 Å². The molecule has 3 heterocycles. The topological polar surface area (TPSA) is 53.6 Å². The Labute approximate surface area is 135 Å². The van der Waals surface area contributed by atoms with Crippen LogP contribution in [0.15, 0.2) is 22.7 Å². The van der Waals surface area contributed by atoms with E-state index in [-0.39, 0.29) is 0 Å². The molecule has 0 amide bonds. The fraction of sp³-hybridized carbons (Fsp3) is 0.333. The lowest BCUT2D eigenvalue weighted by atomic mass is 9.97. The third-order valence-corrected chi connectivity index (χ3v) is 4.85. The standard InChI is InChI=1S/C15H14BrClN4/c16-9-1-2-10-11(7-9)19-13-12(10)20-15(21-14(13)17)8-3-5-18-6-4-8/h1-2,7-8,18-19H,3-6H2. The highest BCUT2D eigenvalue weighted by molar-refractivity contribution is 9.10. The zero-order valence-electron chi connectivity index (χ0n) is 11.3. The van der Waals surface area contributed by atoms with Gasteiger partial charge < -0.3 is 10.3 Å². The molecule has 21 heavy (non-hydrogen) atoms. The van der Waals surface area contributed by atoms with Crippen LogP contribution in [0.4, 0.5) is 0 Å². The SMILES string of the molecule is Clc1nc(C2CCNCC2)nc2c1[nH]c1cc(Br)ccc12. The third-order valence-electron chi connectivity index (χ3n) is 4.08. The van der Waals surface area contributed by atoms with Gasteiger partial charge in [-0.25, -0.2) is 9.97 Å². The number of nitrogens with one attached hydrogen (secondary N) is 2. The maximum atomic E-state index is 6.38. The van der Waals surface area contributed by atoms with Crippen molar-refractivity contribution in [3.05, 3.63) is 33.6 Å². The van der Waals surface area contributed by atoms with Crippen molar-refractivity contribution in [2.45, 2.75) is 18.8 Å². The largest absolute Gasteiger partial charge is 0.351 e. The predicted molar refractivity (Wildman–Crippen MR) is 88.9 cm³/mol. The quantitative estimate of drug-likeness (QED) is 0.641. The number of H-pyrrole nitrogens is 1. The Morgan fingerprint density at radius 2 is 2.00 bits per heavy atom. The molecule has 0 radical (unpaired) electrons. The molecule has 1 aromatic carbocycles. The van der Waals surface area contributed by atoms with Gasteiger partial charge in [-0.1, -0.05) is 27.5 Å². The van der Waals surface area contributed by atoms with Crippen molar-refractivity contribution in [1.29, 1.82) is 0 Å². The van der Waals surface area contributed by atoms with Crippen molar-refractivity contribution in [3.8, 4) is 0 Å². The van der Waals surface area contributed by atoms with Crippen molar-refractivity contribution < 1.29 is 0 Å². The molecule has 1 aliphatic rings. The van der Waals surface area contributed by atoms with E-state index in [0.717, 1.165) is 58.2 Å². The summed E-state index contributed by atoms with van der Waals surface area (Å²) in [6.45, 7) is 2.04. The normalized spacial score (nSPS) is 16.9. The number of rotatable bonds is 1. The fourth-order valence-electron chi connectivity index (χ4n) is 2.98. The van der Waals surface area contributed by atoms with Gasteiger partial charge in [-0.2, -0.15) is 0 Å². The van der Waals surface area contributed by atoms with Gasteiger partial charge in [0.05, 0.1) is 0 Å². The minimum atomic E-state index is 0.397. The summed E-state index contributed by atoms with van der Waals surface area (Å²) in [6.07, 6.45) is 2.13. The number of piperidine rings is 1. The van der Waals surface area contributed by atoms with E-state index in [1.807, 2.05) is 12.1 Å². The molecule has 0 atom stereocenters. The molecule has 3 aromatic rings. The number of benzene rings is 1. The maximum Gasteiger partial charge on any atom is 0.156 e. The monoisotopic (exact) mass is 364 g/mol. The molecule has 1 saturated heterocycles. The molecule has 108 valence electrons. The Bertz CT molecular complexity index is 823. The Hall–Kier alpha value is -1.17. The molecule has 4 nitrogen and oxygen atoms in total. The Morgan fingerprint density at radius 3 is 2.81 bits per heavy atom. The van der Waals surface area contributed by atoms with Crippen molar-refractivity contribution in [1.82, 2.24) is 20.3 Å². The zero-order chi connectivity index (χ0) is 14.4. The lowest BCUT2D eigenvalue weighted by Crippen LogP contribution is -2.27. The first-order chi connectivity index (χ1) is 10.2. The number of halogens is 2. The molecule has 0 aliphatic carbocycles. The first kappa shape index (κ1) is 13.5. The molecule has 0 bridgehead atoms. The van der Waals surface area contributed by atoms with E-state index >= 15 is 0 Å². The van der Waals surface area contributed by atoms with Crippen LogP contribution in [0.5, 0.6) is 0 Å². The van der Waals surface area contributed by atoms with Crippen LogP contribution in [0, 0.1) is 0 Å². The second-order valence-corrected chi connectivity index (χ2v) is 6.71. The van der Waals surface area contributed by atoms with Crippen LogP contribution < -0.4 is 5.32 Å². The molecule has 1 fully saturated rings. The fourth-order valence-corrected chi connectivity index (χ4v) is 3.56. The second kappa shape index (κ2) is 5.23. The average Bonchev–Trinajstić information content (AvgIpc) is 2.86. The van der Waals surface area contributed by atoms with Crippen LogP contribution in [-0.2, 0) is 0 Å². The van der Waals surface area contributed by atoms with Crippen molar-refractivity contribution >= 4 is 49.5 Å². The molecule has 1 aliphatic heterocycles. The summed E-state index contributed by atoms with van der Waals surface area (Å²) in [4.78, 5) is 12.7. The summed E-state index contributed by atoms with van der Waals surface area (Å²) in [5.74, 6) is 1.27. The van der Waals surface area contributed by atoms with Crippen LogP contribution in [0.2, 0.25) is 5.15 Å². The van der Waals surface area contributed by atoms with Gasteiger partial charge in [0.1, 0.15) is 16.9 Å². The number of hydrogen-bond acceptors (Lipinski definition) is 3. The van der Waals surface area contributed by atoms with Gasteiger partial charge >= 0.3 is 0 Å². The van der Waals surface area contributed by atoms with Crippen LogP contribution in [-0.4, -0.2) is 28.0 Å². The summed E-state index contributed by atoms with van der Waals surface area (Å²) in [5, 5.41) is 4.97. The Kier molecular flexibility index (Phi) is 3.36. The highest BCUT2D eigenvalue weighted by atomic mass is 79.9. The summed E-state index contributed by atoms with van der Waals surface area (Å²) in [6, 6.07) is 6.13. The first-order valence-corrected chi connectivity index (χ1v) is 8.24. The number of hydrogen-bond donors (Lipinski definition) is 2. The van der Waals surface area contributed by atoms with Gasteiger partial charge in [0.2, 0.25) is 0 Å². The van der Waals surface area contributed by atoms with Gasteiger partial charge in [0, 0.05) is 21.3 Å². The smallest absolute Gasteiger partial charge is 0.156 e. The van der Waals surface area contributed by atoms with E-state index in [0.29, 0.717) is 11.1 Å². The van der Waals surface area contributed by atoms with Crippen molar-refractivity contribution in [3.63, 3.8) is 0 Å². The first-order valence-electron chi connectivity index (χ1n) is 7.07. The maximum absolute atomic E-state index is 6.38. The molecule has 0 saturated carbocycles. The van der Waals surface area contributed by atoms with Gasteiger partial charge in [0.25, 0.3) is 0 Å². The van der Waals surface area contributed by atoms with Crippen molar-refractivity contribution in [2.24, 2.45) is 0 Å². The zero-order valence-corrected chi connectivity index (χ0v) is 13.6. The van der Waals surface area contributed by atoms with E-state index in [4.69, 9.17) is 16.6 Å². The van der Waals surface area contributed by atoms with E-state index in [9.17, 15) is 0 Å². The van der Waals surface area contributed by atoms with Gasteiger partial charge in [-0.05, 0) is 44.1 Å². The number of aromatic nitrogens is 3. The molecule has 6 heteroatoms. The van der Waals surface area contributed by atoms with Gasteiger partial charge in [0.15, 0.2) is 5.15 Å². The molecular weight excluding hydrogens is 352 g/mol. The summed E-state index contributed by atoms with van der Waals surface area (Å²) in [5.41, 5.74) is 2.77. The highest BCUT2D eigenvalue weighted by Gasteiger charge is 2.21. The molecule has 4 rings (SSSR count). The number of fused-ring (bicyclic) bond motifs is 3. The van der Waals surface area contributed by atoms with Crippen LogP contribution in [0.1, 0.15) is 24.6 Å². The van der Waals surface area contributed by atoms with E-state index in [1.165, 1.54) is 0 Å². The second-order valence-electron chi connectivity index (χ2n) is 5.44. The van der Waals surface area contributed by atoms with Crippen LogP contribution in [0.3, 0.4) is 0 Å². The molecule has 2 aromatic heterocycles. The van der Waals surface area contributed by atoms with E-state index in [2.05, 4.69) is 37.3 Å². The Morgan fingerprint density at radius 1 is 1.19 bits per heavy atom. The third kappa shape index (κ3) is 2.33. The predicted octanol–water partition coefficient (Wildman–Crippen LogP) is 3.99. The molecule has 0 spiro atoms. The summed E-state index contributed by atoms with van der Waals surface area (Å²) >= 11 is 9.87. The summed E-state index contributed by atoms with van der Waals surface area (Å²) < 4.78 is 1.03. The van der Waals surface area contributed by atoms with Crippen LogP contribution >= 0.6 is 27.5 Å². The van der Waals surface area contributed by atoms with Gasteiger partial charge in [-0.15, -0.1) is 0 Å². The lowest BCUT2D eigenvalue weighted by Gasteiger charge is -2.21. The molecule has 2 N–H and O–H groups in total. The minimum Gasteiger partial charge on any atom is -0.351 e. The van der Waals surface area contributed by atoms with E-state index < -0.39 is 0 Å². The highest BCUT2D eigenvalue weighted by Crippen LogP contribution is 2.32. The molecule has 0 unspecified atom stereocenters. The average molecular weight is 366 g/mol. The number of nitrogens with zero attached hydrogens (tertiary/aromatic N) is 2. The lowest BCUT2D eigenvalue weighted by molar-refractivity contribution is 0.446. The summed E-state index contributed by atoms with van der Waals surface area (Å²) in [7, 11) is 0. The van der Waals surface area contributed by atoms with Crippen LogP contribution in [0.25, 0.3) is 21.9 Å².